The zero-order valence-corrected chi connectivity index (χ0v) is 11.1. The number of Topliss-reactive ketones (excluding diaryl/α,β-unsaturated/α-hetero) is 1. The Morgan fingerprint density at radius 2 is 2.31 bits per heavy atom. The molecular weight excluding hydrogens is 315 g/mol. The lowest BCUT2D eigenvalue weighted by Gasteiger charge is -2.05. The molecule has 1 heterocycles. The van der Waals surface area contributed by atoms with E-state index in [4.69, 9.17) is 5.73 Å². The van der Waals surface area contributed by atoms with Gasteiger partial charge in [0.25, 0.3) is 0 Å². The number of carbonyl (C=O) groups is 1. The van der Waals surface area contributed by atoms with Crippen molar-refractivity contribution in [2.45, 2.75) is 19.4 Å². The van der Waals surface area contributed by atoms with Crippen LogP contribution in [0, 0.1) is 3.57 Å². The third kappa shape index (κ3) is 1.99. The first-order valence-electron chi connectivity index (χ1n) is 5.20. The second-order valence-corrected chi connectivity index (χ2v) is 5.02. The summed E-state index contributed by atoms with van der Waals surface area (Å²) in [4.78, 5) is 15.1. The largest absolute Gasteiger partial charge is 0.360 e. The molecule has 4 heteroatoms. The summed E-state index contributed by atoms with van der Waals surface area (Å²) in [5.41, 5.74) is 7.44. The molecule has 0 radical (unpaired) electrons. The summed E-state index contributed by atoms with van der Waals surface area (Å²) in [6.07, 6.45) is 2.41. The number of hydrogen-bond acceptors (Lipinski definition) is 2. The fourth-order valence-electron chi connectivity index (χ4n) is 1.69. The Labute approximate surface area is 108 Å². The van der Waals surface area contributed by atoms with E-state index in [1.165, 1.54) is 0 Å². The molecule has 1 aromatic heterocycles. The van der Waals surface area contributed by atoms with Crippen LogP contribution in [-0.2, 0) is 0 Å². The maximum Gasteiger partial charge on any atom is 0.181 e. The molecule has 0 amide bonds. The van der Waals surface area contributed by atoms with E-state index in [9.17, 15) is 4.79 Å². The highest BCUT2D eigenvalue weighted by molar-refractivity contribution is 14.1. The zero-order chi connectivity index (χ0) is 11.7. The summed E-state index contributed by atoms with van der Waals surface area (Å²) < 4.78 is 1.14. The van der Waals surface area contributed by atoms with Crippen LogP contribution in [0.25, 0.3) is 10.9 Å². The summed E-state index contributed by atoms with van der Waals surface area (Å²) >= 11 is 2.25. The van der Waals surface area contributed by atoms with Crippen LogP contribution in [0.15, 0.2) is 24.4 Å². The van der Waals surface area contributed by atoms with Crippen LogP contribution in [-0.4, -0.2) is 16.8 Å². The summed E-state index contributed by atoms with van der Waals surface area (Å²) in [6, 6.07) is 5.57. The van der Waals surface area contributed by atoms with Crippen molar-refractivity contribution >= 4 is 39.3 Å². The number of carbonyl (C=O) groups excluding carboxylic acids is 1. The lowest BCUT2D eigenvalue weighted by atomic mass is 10.0. The first-order chi connectivity index (χ1) is 7.63. The molecule has 0 spiro atoms. The van der Waals surface area contributed by atoms with Crippen molar-refractivity contribution in [3.63, 3.8) is 0 Å². The SMILES string of the molecule is CCC(N)C(=O)c1c[nH]c2cc(I)ccc12. The second kappa shape index (κ2) is 4.55. The van der Waals surface area contributed by atoms with E-state index in [-0.39, 0.29) is 5.78 Å². The van der Waals surface area contributed by atoms with Gasteiger partial charge in [0.2, 0.25) is 0 Å². The van der Waals surface area contributed by atoms with Gasteiger partial charge in [-0.15, -0.1) is 0 Å². The van der Waals surface area contributed by atoms with Gasteiger partial charge in [0.05, 0.1) is 6.04 Å². The van der Waals surface area contributed by atoms with E-state index in [1.54, 1.807) is 6.20 Å². The molecule has 1 aromatic carbocycles. The molecule has 3 nitrogen and oxygen atoms in total. The quantitative estimate of drug-likeness (QED) is 0.672. The van der Waals surface area contributed by atoms with Gasteiger partial charge in [0.1, 0.15) is 0 Å². The number of rotatable bonds is 3. The number of fused-ring (bicyclic) bond motifs is 1. The average molecular weight is 328 g/mol. The van der Waals surface area contributed by atoms with Crippen LogP contribution < -0.4 is 5.73 Å². The van der Waals surface area contributed by atoms with Crippen molar-refractivity contribution in [2.24, 2.45) is 5.73 Å². The lowest BCUT2D eigenvalue weighted by molar-refractivity contribution is 0.0961. The molecule has 0 aliphatic rings. The zero-order valence-electron chi connectivity index (χ0n) is 8.96. The number of nitrogens with two attached hydrogens (primary N) is 1. The number of ketones is 1. The summed E-state index contributed by atoms with van der Waals surface area (Å²) in [7, 11) is 0. The monoisotopic (exact) mass is 328 g/mol. The second-order valence-electron chi connectivity index (χ2n) is 3.77. The molecule has 2 rings (SSSR count). The van der Waals surface area contributed by atoms with Crippen molar-refractivity contribution in [1.82, 2.24) is 4.98 Å². The van der Waals surface area contributed by atoms with Crippen molar-refractivity contribution in [2.75, 3.05) is 0 Å². The first-order valence-corrected chi connectivity index (χ1v) is 6.27. The summed E-state index contributed by atoms with van der Waals surface area (Å²) in [6.45, 7) is 1.92. The highest BCUT2D eigenvalue weighted by Crippen LogP contribution is 2.21. The fourth-order valence-corrected chi connectivity index (χ4v) is 2.18. The Morgan fingerprint density at radius 3 is 3.00 bits per heavy atom. The molecule has 1 unspecified atom stereocenters. The number of aromatic amines is 1. The topological polar surface area (TPSA) is 58.9 Å². The number of nitrogens with one attached hydrogen (secondary N) is 1. The molecule has 84 valence electrons. The minimum atomic E-state index is -0.404. The smallest absolute Gasteiger partial charge is 0.181 e. The molecule has 0 bridgehead atoms. The number of halogens is 1. The maximum absolute atomic E-state index is 12.0. The maximum atomic E-state index is 12.0. The molecular formula is C12H13IN2O. The van der Waals surface area contributed by atoms with Gasteiger partial charge < -0.3 is 10.7 Å². The van der Waals surface area contributed by atoms with Crippen molar-refractivity contribution < 1.29 is 4.79 Å². The highest BCUT2D eigenvalue weighted by Gasteiger charge is 2.17. The van der Waals surface area contributed by atoms with Gasteiger partial charge in [-0.05, 0) is 41.1 Å². The van der Waals surface area contributed by atoms with Gasteiger partial charge in [-0.3, -0.25) is 4.79 Å². The van der Waals surface area contributed by atoms with Gasteiger partial charge in [-0.25, -0.2) is 0 Å². The van der Waals surface area contributed by atoms with Crippen LogP contribution in [0.1, 0.15) is 23.7 Å². The molecule has 3 N–H and O–H groups in total. The molecule has 2 aromatic rings. The Kier molecular flexibility index (Phi) is 3.30. The highest BCUT2D eigenvalue weighted by atomic mass is 127. The predicted molar refractivity (Wildman–Crippen MR) is 73.6 cm³/mol. The van der Waals surface area contributed by atoms with Gasteiger partial charge >= 0.3 is 0 Å². The first kappa shape index (κ1) is 11.6. The Balaban J connectivity index is 2.50. The number of hydrogen-bond donors (Lipinski definition) is 2. The van der Waals surface area contributed by atoms with Crippen molar-refractivity contribution in [3.8, 4) is 0 Å². The molecule has 16 heavy (non-hydrogen) atoms. The number of benzene rings is 1. The third-order valence-electron chi connectivity index (χ3n) is 2.69. The van der Waals surface area contributed by atoms with Gasteiger partial charge in [0.15, 0.2) is 5.78 Å². The predicted octanol–water partition coefficient (Wildman–Crippen LogP) is 2.69. The van der Waals surface area contributed by atoms with E-state index in [0.29, 0.717) is 12.0 Å². The Bertz CT molecular complexity index is 533. The standard InChI is InChI=1S/C12H13IN2O/c1-2-10(14)12(16)9-6-15-11-5-7(13)3-4-8(9)11/h3-6,10,15H,2,14H2,1H3. The molecule has 0 fully saturated rings. The van der Waals surface area contributed by atoms with Crippen molar-refractivity contribution in [1.29, 1.82) is 0 Å². The lowest BCUT2D eigenvalue weighted by Crippen LogP contribution is -2.29. The Hall–Kier alpha value is -0.880. The number of aromatic nitrogens is 1. The van der Waals surface area contributed by atoms with E-state index in [2.05, 4.69) is 27.6 Å². The average Bonchev–Trinajstić information content (AvgIpc) is 2.69. The van der Waals surface area contributed by atoms with E-state index in [1.807, 2.05) is 25.1 Å². The van der Waals surface area contributed by atoms with Crippen LogP contribution in [0.2, 0.25) is 0 Å². The minimum Gasteiger partial charge on any atom is -0.360 e. The number of H-pyrrole nitrogens is 1. The molecule has 0 aliphatic carbocycles. The van der Waals surface area contributed by atoms with E-state index in [0.717, 1.165) is 14.5 Å². The molecule has 1 atom stereocenters. The summed E-state index contributed by atoms with van der Waals surface area (Å²) in [5.74, 6) is 0.00922. The van der Waals surface area contributed by atoms with Crippen LogP contribution in [0.4, 0.5) is 0 Å². The van der Waals surface area contributed by atoms with Crippen molar-refractivity contribution in [3.05, 3.63) is 33.5 Å². The van der Waals surface area contributed by atoms with E-state index < -0.39 is 6.04 Å². The molecule has 0 saturated heterocycles. The third-order valence-corrected chi connectivity index (χ3v) is 3.36. The van der Waals surface area contributed by atoms with E-state index >= 15 is 0 Å². The van der Waals surface area contributed by atoms with Crippen LogP contribution in [0.3, 0.4) is 0 Å². The normalized spacial score (nSPS) is 12.9. The van der Waals surface area contributed by atoms with Gasteiger partial charge in [-0.1, -0.05) is 13.0 Å². The van der Waals surface area contributed by atoms with Crippen LogP contribution in [0.5, 0.6) is 0 Å². The fraction of sp³-hybridized carbons (Fsp3) is 0.250. The van der Waals surface area contributed by atoms with Gasteiger partial charge in [0, 0.05) is 26.2 Å². The molecule has 0 aliphatic heterocycles. The summed E-state index contributed by atoms with van der Waals surface area (Å²) in [5, 5.41) is 0.953. The minimum absolute atomic E-state index is 0.00922. The Morgan fingerprint density at radius 1 is 1.56 bits per heavy atom. The molecule has 0 saturated carbocycles. The van der Waals surface area contributed by atoms with Crippen LogP contribution >= 0.6 is 22.6 Å². The van der Waals surface area contributed by atoms with Gasteiger partial charge in [-0.2, -0.15) is 0 Å².